The summed E-state index contributed by atoms with van der Waals surface area (Å²) in [6.45, 7) is 10.1. The van der Waals surface area contributed by atoms with E-state index < -0.39 is 10.5 Å². The molecule has 0 unspecified atom stereocenters. The van der Waals surface area contributed by atoms with Gasteiger partial charge in [0.25, 0.3) is 11.6 Å². The van der Waals surface area contributed by atoms with E-state index in [-0.39, 0.29) is 23.7 Å². The largest absolute Gasteiger partial charge is 0.444 e. The number of aromatic nitrogens is 1. The van der Waals surface area contributed by atoms with E-state index in [1.54, 1.807) is 6.07 Å². The number of ether oxygens (including phenoxy) is 1. The number of nitro benzene ring substituents is 1. The van der Waals surface area contributed by atoms with E-state index >= 15 is 0 Å². The van der Waals surface area contributed by atoms with Gasteiger partial charge in [-0.05, 0) is 71.4 Å². The van der Waals surface area contributed by atoms with Gasteiger partial charge in [0.1, 0.15) is 5.60 Å². The number of nitrogens with one attached hydrogen (secondary N) is 1. The monoisotopic (exact) mass is 517 g/mol. The molecule has 2 aliphatic rings. The van der Waals surface area contributed by atoms with Gasteiger partial charge in [0.15, 0.2) is 5.01 Å². The molecule has 0 atom stereocenters. The average Bonchev–Trinajstić information content (AvgIpc) is 3.26. The standard InChI is InChI=1S/C25H35N5O5S/c1-25(2,3)35-24(32)29-14-7-17(8-15-29)6-11-28-12-9-18(10-13-28)26-22(31)23-27-20-5-4-19(30(33)34)16-21(20)36-23/h4-5,16-18H,6-15H2,1-3H3,(H,26,31). The molecule has 0 spiro atoms. The summed E-state index contributed by atoms with van der Waals surface area (Å²) < 4.78 is 6.12. The molecular weight excluding hydrogens is 482 g/mol. The molecule has 196 valence electrons. The van der Waals surface area contributed by atoms with Gasteiger partial charge in [-0.3, -0.25) is 14.9 Å². The van der Waals surface area contributed by atoms with Gasteiger partial charge in [-0.25, -0.2) is 9.78 Å². The number of carbonyl (C=O) groups is 2. The Labute approximate surface area is 215 Å². The van der Waals surface area contributed by atoms with Crippen molar-refractivity contribution in [3.8, 4) is 0 Å². The molecule has 2 aromatic rings. The fraction of sp³-hybridized carbons (Fsp3) is 0.640. The molecule has 4 rings (SSSR count). The van der Waals surface area contributed by atoms with E-state index in [0.717, 1.165) is 64.8 Å². The summed E-state index contributed by atoms with van der Waals surface area (Å²) in [5.74, 6) is 0.407. The highest BCUT2D eigenvalue weighted by atomic mass is 32.1. The first kappa shape index (κ1) is 26.3. The number of hydrogen-bond donors (Lipinski definition) is 1. The molecular formula is C25H35N5O5S. The van der Waals surface area contributed by atoms with Gasteiger partial charge in [0, 0.05) is 44.4 Å². The fourth-order valence-electron chi connectivity index (χ4n) is 4.77. The Morgan fingerprint density at radius 2 is 1.86 bits per heavy atom. The molecule has 36 heavy (non-hydrogen) atoms. The summed E-state index contributed by atoms with van der Waals surface area (Å²) in [5.41, 5.74) is 0.137. The minimum Gasteiger partial charge on any atom is -0.444 e. The van der Waals surface area contributed by atoms with Crippen molar-refractivity contribution < 1.29 is 19.2 Å². The smallest absolute Gasteiger partial charge is 0.410 e. The number of rotatable bonds is 6. The number of fused-ring (bicyclic) bond motifs is 1. The first-order chi connectivity index (χ1) is 17.1. The number of benzene rings is 1. The van der Waals surface area contributed by atoms with Gasteiger partial charge in [0.05, 0.1) is 15.1 Å². The highest BCUT2D eigenvalue weighted by Crippen LogP contribution is 2.27. The third-order valence-corrected chi connectivity index (χ3v) is 7.84. The summed E-state index contributed by atoms with van der Waals surface area (Å²) >= 11 is 1.18. The SMILES string of the molecule is CC(C)(C)OC(=O)N1CCC(CCN2CCC(NC(=O)c3nc4ccc([N+](=O)[O-])cc4s3)CC2)CC1. The van der Waals surface area contributed by atoms with Gasteiger partial charge < -0.3 is 19.9 Å². The van der Waals surface area contributed by atoms with Gasteiger partial charge in [-0.15, -0.1) is 11.3 Å². The minimum absolute atomic E-state index is 0.000858. The maximum Gasteiger partial charge on any atom is 0.410 e. The minimum atomic E-state index is -0.461. The Morgan fingerprint density at radius 1 is 1.17 bits per heavy atom. The number of likely N-dealkylation sites (tertiary alicyclic amines) is 2. The van der Waals surface area contributed by atoms with Crippen LogP contribution in [0.1, 0.15) is 62.7 Å². The Hall–Kier alpha value is -2.79. The molecule has 1 N–H and O–H groups in total. The second-order valence-electron chi connectivity index (χ2n) is 10.7. The molecule has 2 amide bonds. The van der Waals surface area contributed by atoms with E-state index in [2.05, 4.69) is 15.2 Å². The zero-order valence-corrected chi connectivity index (χ0v) is 22.0. The van der Waals surface area contributed by atoms with Gasteiger partial charge >= 0.3 is 6.09 Å². The van der Waals surface area contributed by atoms with Gasteiger partial charge in [-0.2, -0.15) is 0 Å². The lowest BCUT2D eigenvalue weighted by Crippen LogP contribution is -2.45. The van der Waals surface area contributed by atoms with Crippen LogP contribution >= 0.6 is 11.3 Å². The van der Waals surface area contributed by atoms with Crippen molar-refractivity contribution in [2.75, 3.05) is 32.7 Å². The van der Waals surface area contributed by atoms with E-state index in [0.29, 0.717) is 21.1 Å². The highest BCUT2D eigenvalue weighted by molar-refractivity contribution is 7.20. The maximum absolute atomic E-state index is 12.7. The summed E-state index contributed by atoms with van der Waals surface area (Å²) in [5, 5.41) is 14.4. The molecule has 0 radical (unpaired) electrons. The molecule has 0 bridgehead atoms. The van der Waals surface area contributed by atoms with Crippen LogP contribution in [0.15, 0.2) is 18.2 Å². The van der Waals surface area contributed by atoms with Crippen LogP contribution in [0.3, 0.4) is 0 Å². The van der Waals surface area contributed by atoms with Crippen LogP contribution in [0.25, 0.3) is 10.2 Å². The fourth-order valence-corrected chi connectivity index (χ4v) is 5.67. The summed E-state index contributed by atoms with van der Waals surface area (Å²) in [4.78, 5) is 44.1. The van der Waals surface area contributed by atoms with Crippen molar-refractivity contribution in [1.29, 1.82) is 0 Å². The predicted octanol–water partition coefficient (Wildman–Crippen LogP) is 4.44. The quantitative estimate of drug-likeness (QED) is 0.445. The van der Waals surface area contributed by atoms with Gasteiger partial charge in [-0.1, -0.05) is 0 Å². The van der Waals surface area contributed by atoms with Crippen LogP contribution in [-0.4, -0.2) is 76.1 Å². The van der Waals surface area contributed by atoms with Crippen molar-refractivity contribution in [3.63, 3.8) is 0 Å². The first-order valence-electron chi connectivity index (χ1n) is 12.6. The second kappa shape index (κ2) is 11.1. The van der Waals surface area contributed by atoms with Crippen LogP contribution in [0, 0.1) is 16.0 Å². The third kappa shape index (κ3) is 6.91. The Kier molecular flexibility index (Phi) is 8.09. The Morgan fingerprint density at radius 3 is 2.50 bits per heavy atom. The van der Waals surface area contributed by atoms with Crippen LogP contribution in [0.5, 0.6) is 0 Å². The molecule has 3 heterocycles. The average molecular weight is 518 g/mol. The lowest BCUT2D eigenvalue weighted by molar-refractivity contribution is -0.384. The molecule has 11 heteroatoms. The topological polar surface area (TPSA) is 118 Å². The number of hydrogen-bond acceptors (Lipinski definition) is 8. The van der Waals surface area contributed by atoms with E-state index in [1.165, 1.54) is 23.5 Å². The number of nitro groups is 1. The van der Waals surface area contributed by atoms with Crippen LogP contribution in [0.2, 0.25) is 0 Å². The molecule has 2 saturated heterocycles. The molecule has 2 fully saturated rings. The second-order valence-corrected chi connectivity index (χ2v) is 11.7. The summed E-state index contributed by atoms with van der Waals surface area (Å²) in [6.07, 6.45) is 4.71. The lowest BCUT2D eigenvalue weighted by atomic mass is 9.93. The zero-order chi connectivity index (χ0) is 25.9. The van der Waals surface area contributed by atoms with Crippen LogP contribution < -0.4 is 5.32 Å². The summed E-state index contributed by atoms with van der Waals surface area (Å²) in [7, 11) is 0. The van der Waals surface area contributed by atoms with E-state index in [1.807, 2.05) is 25.7 Å². The lowest BCUT2D eigenvalue weighted by Gasteiger charge is -2.36. The zero-order valence-electron chi connectivity index (χ0n) is 21.2. The van der Waals surface area contributed by atoms with Gasteiger partial charge in [0.2, 0.25) is 0 Å². The highest BCUT2D eigenvalue weighted by Gasteiger charge is 2.28. The van der Waals surface area contributed by atoms with Crippen molar-refractivity contribution in [2.45, 2.75) is 64.5 Å². The Balaban J connectivity index is 1.17. The normalized spacial score (nSPS) is 18.4. The number of amides is 2. The first-order valence-corrected chi connectivity index (χ1v) is 13.4. The number of nitrogens with zero attached hydrogens (tertiary/aromatic N) is 4. The number of carbonyl (C=O) groups excluding carboxylic acids is 2. The number of piperidine rings is 2. The van der Waals surface area contributed by atoms with Crippen LogP contribution in [0.4, 0.5) is 10.5 Å². The summed E-state index contributed by atoms with van der Waals surface area (Å²) in [6, 6.07) is 4.56. The third-order valence-electron chi connectivity index (χ3n) is 6.82. The predicted molar refractivity (Wildman–Crippen MR) is 138 cm³/mol. The number of non-ortho nitro benzene ring substituents is 1. The van der Waals surface area contributed by atoms with E-state index in [9.17, 15) is 19.7 Å². The molecule has 1 aromatic heterocycles. The van der Waals surface area contributed by atoms with E-state index in [4.69, 9.17) is 4.74 Å². The van der Waals surface area contributed by atoms with Crippen molar-refractivity contribution >= 4 is 39.2 Å². The Bertz CT molecular complexity index is 1100. The molecule has 2 aliphatic heterocycles. The molecule has 10 nitrogen and oxygen atoms in total. The molecule has 0 aliphatic carbocycles. The molecule has 0 saturated carbocycles. The number of thiazole rings is 1. The molecule has 1 aromatic carbocycles. The van der Waals surface area contributed by atoms with Crippen molar-refractivity contribution in [3.05, 3.63) is 33.3 Å². The van der Waals surface area contributed by atoms with Crippen LogP contribution in [-0.2, 0) is 4.74 Å². The van der Waals surface area contributed by atoms with Crippen molar-refractivity contribution in [2.24, 2.45) is 5.92 Å². The van der Waals surface area contributed by atoms with Crippen molar-refractivity contribution in [1.82, 2.24) is 20.1 Å². The maximum atomic E-state index is 12.7.